The van der Waals surface area contributed by atoms with Crippen LogP contribution in [0.15, 0.2) is 0 Å². The number of carbonyl (C=O) groups is 1. The van der Waals surface area contributed by atoms with E-state index in [1.165, 1.54) is 173 Å². The molecule has 0 aliphatic carbocycles. The lowest BCUT2D eigenvalue weighted by Gasteiger charge is -2.21. The summed E-state index contributed by atoms with van der Waals surface area (Å²) in [4.78, 5) is 14.8. The Morgan fingerprint density at radius 2 is 0.854 bits per heavy atom. The topological polar surface area (TPSA) is 49.8 Å². The predicted octanol–water partition coefficient (Wildman–Crippen LogP) is 13.8. The van der Waals surface area contributed by atoms with Gasteiger partial charge in [-0.3, -0.25) is 4.79 Å². The van der Waals surface area contributed by atoms with Crippen LogP contribution in [-0.4, -0.2) is 48.3 Å². The highest BCUT2D eigenvalue weighted by Crippen LogP contribution is 2.25. The Kier molecular flexibility index (Phi) is 38.7. The van der Waals surface area contributed by atoms with Crippen molar-refractivity contribution in [2.75, 3.05) is 26.2 Å². The van der Waals surface area contributed by atoms with Gasteiger partial charge in [-0.05, 0) is 57.5 Å². The van der Waals surface area contributed by atoms with Crippen LogP contribution >= 0.6 is 0 Å². The Bertz CT molecular complexity index is 610. The Balaban J connectivity index is 4.02. The molecule has 1 atom stereocenters. The number of unbranched alkanes of at least 4 members (excludes halogenated alkanes) is 22. The van der Waals surface area contributed by atoms with Gasteiger partial charge in [0, 0.05) is 13.0 Å². The van der Waals surface area contributed by atoms with Gasteiger partial charge in [0.1, 0.15) is 6.10 Å². The molecule has 0 saturated carbocycles. The number of aliphatic hydroxyl groups is 1. The molecule has 0 fully saturated rings. The van der Waals surface area contributed by atoms with E-state index in [2.05, 4.69) is 32.6 Å². The second-order valence-electron chi connectivity index (χ2n) is 15.3. The molecule has 0 aliphatic rings. The Hall–Kier alpha value is -0.610. The van der Waals surface area contributed by atoms with Crippen molar-refractivity contribution in [2.24, 2.45) is 5.92 Å². The number of hydrogen-bond donors (Lipinski definition) is 1. The maximum absolute atomic E-state index is 12.4. The fourth-order valence-electron chi connectivity index (χ4n) is 7.34. The summed E-state index contributed by atoms with van der Waals surface area (Å²) in [6, 6.07) is 0. The molecule has 0 amide bonds. The number of rotatable bonds is 40. The van der Waals surface area contributed by atoms with E-state index in [9.17, 15) is 9.90 Å². The van der Waals surface area contributed by atoms with Crippen LogP contribution in [-0.2, 0) is 9.53 Å². The summed E-state index contributed by atoms with van der Waals surface area (Å²) in [6.07, 6.45) is 43.0. The van der Waals surface area contributed by atoms with Crippen molar-refractivity contribution in [3.8, 4) is 0 Å². The summed E-state index contributed by atoms with van der Waals surface area (Å²) in [6.45, 7) is 12.2. The van der Waals surface area contributed by atoms with E-state index in [-0.39, 0.29) is 18.7 Å². The quantitative estimate of drug-likeness (QED) is 0.0517. The number of esters is 1. The van der Waals surface area contributed by atoms with Crippen LogP contribution < -0.4 is 0 Å². The van der Waals surface area contributed by atoms with E-state index in [0.717, 1.165) is 57.7 Å². The average Bonchev–Trinajstić information content (AvgIpc) is 3.09. The molecule has 0 heterocycles. The summed E-state index contributed by atoms with van der Waals surface area (Å²) in [5, 5.41) is 9.58. The zero-order valence-corrected chi connectivity index (χ0v) is 33.5. The number of nitrogens with zero attached hydrogens (tertiary/aromatic N) is 1. The summed E-state index contributed by atoms with van der Waals surface area (Å²) in [7, 11) is 0. The van der Waals surface area contributed by atoms with Gasteiger partial charge in [0.05, 0.1) is 6.61 Å². The molecule has 1 N–H and O–H groups in total. The minimum absolute atomic E-state index is 0.00817. The van der Waals surface area contributed by atoms with Crippen molar-refractivity contribution < 1.29 is 14.6 Å². The van der Waals surface area contributed by atoms with Crippen LogP contribution in [0.3, 0.4) is 0 Å². The van der Waals surface area contributed by atoms with Crippen molar-refractivity contribution in [3.05, 3.63) is 0 Å². The third-order valence-corrected chi connectivity index (χ3v) is 10.7. The maximum Gasteiger partial charge on any atom is 0.306 e. The summed E-state index contributed by atoms with van der Waals surface area (Å²) >= 11 is 0. The highest BCUT2D eigenvalue weighted by molar-refractivity contribution is 5.69. The van der Waals surface area contributed by atoms with Crippen molar-refractivity contribution in [1.82, 2.24) is 4.90 Å². The van der Waals surface area contributed by atoms with E-state index in [1.54, 1.807) is 0 Å². The number of ether oxygens (including phenoxy) is 1. The molecule has 0 aliphatic heterocycles. The minimum atomic E-state index is -0.00817. The predicted molar refractivity (Wildman–Crippen MR) is 212 cm³/mol. The molecule has 0 spiro atoms. The third kappa shape index (κ3) is 33.9. The van der Waals surface area contributed by atoms with Gasteiger partial charge in [0.2, 0.25) is 0 Å². The second-order valence-corrected chi connectivity index (χ2v) is 15.3. The van der Waals surface area contributed by atoms with Gasteiger partial charge in [-0.25, -0.2) is 0 Å². The first-order valence-corrected chi connectivity index (χ1v) is 22.1. The lowest BCUT2D eigenvalue weighted by Crippen LogP contribution is -2.29. The standard InChI is InChI=1S/C44H89NO3/c1-5-9-12-15-20-26-33-42(34-27-21-16-13-10-6-2)35-28-22-18-19-24-31-38-45(40-41-46)39-32-25-30-37-44(47)48-43(8-4)36-29-23-17-14-11-7-3/h42-43,46H,5-41H2,1-4H3. The zero-order valence-electron chi connectivity index (χ0n) is 33.5. The highest BCUT2D eigenvalue weighted by Gasteiger charge is 2.13. The largest absolute Gasteiger partial charge is 0.462 e. The smallest absolute Gasteiger partial charge is 0.306 e. The normalized spacial score (nSPS) is 12.4. The monoisotopic (exact) mass is 680 g/mol. The zero-order chi connectivity index (χ0) is 35.2. The first-order valence-electron chi connectivity index (χ1n) is 22.1. The third-order valence-electron chi connectivity index (χ3n) is 10.7. The van der Waals surface area contributed by atoms with Crippen LogP contribution in [0.2, 0.25) is 0 Å². The summed E-state index contributed by atoms with van der Waals surface area (Å²) < 4.78 is 5.78. The number of hydrogen-bond acceptors (Lipinski definition) is 4. The van der Waals surface area contributed by atoms with E-state index in [1.807, 2.05) is 0 Å². The van der Waals surface area contributed by atoms with Gasteiger partial charge in [0.15, 0.2) is 0 Å². The van der Waals surface area contributed by atoms with Gasteiger partial charge >= 0.3 is 5.97 Å². The summed E-state index contributed by atoms with van der Waals surface area (Å²) in [5.41, 5.74) is 0. The van der Waals surface area contributed by atoms with Gasteiger partial charge in [-0.1, -0.05) is 195 Å². The molecule has 0 saturated heterocycles. The number of carbonyl (C=O) groups excluding carboxylic acids is 1. The molecule has 288 valence electrons. The molecular weight excluding hydrogens is 590 g/mol. The van der Waals surface area contributed by atoms with Gasteiger partial charge in [-0.15, -0.1) is 0 Å². The molecule has 0 aromatic rings. The maximum atomic E-state index is 12.4. The van der Waals surface area contributed by atoms with Crippen LogP contribution in [0.5, 0.6) is 0 Å². The Morgan fingerprint density at radius 3 is 1.27 bits per heavy atom. The van der Waals surface area contributed by atoms with Gasteiger partial charge < -0.3 is 14.7 Å². The molecule has 0 bridgehead atoms. The lowest BCUT2D eigenvalue weighted by molar-refractivity contribution is -0.149. The van der Waals surface area contributed by atoms with Crippen LogP contribution in [0.4, 0.5) is 0 Å². The first-order chi connectivity index (χ1) is 23.6. The number of aliphatic hydroxyl groups excluding tert-OH is 1. The highest BCUT2D eigenvalue weighted by atomic mass is 16.5. The molecule has 48 heavy (non-hydrogen) atoms. The van der Waals surface area contributed by atoms with Crippen molar-refractivity contribution in [1.29, 1.82) is 0 Å². The fourth-order valence-corrected chi connectivity index (χ4v) is 7.34. The Morgan fingerprint density at radius 1 is 0.479 bits per heavy atom. The minimum Gasteiger partial charge on any atom is -0.462 e. The summed E-state index contributed by atoms with van der Waals surface area (Å²) in [5.74, 6) is 0.967. The Labute approximate surface area is 302 Å². The van der Waals surface area contributed by atoms with Gasteiger partial charge in [0.25, 0.3) is 0 Å². The molecule has 0 radical (unpaired) electrons. The van der Waals surface area contributed by atoms with E-state index >= 15 is 0 Å². The molecule has 4 nitrogen and oxygen atoms in total. The van der Waals surface area contributed by atoms with Crippen LogP contribution in [0.25, 0.3) is 0 Å². The molecule has 4 heteroatoms. The van der Waals surface area contributed by atoms with E-state index in [0.29, 0.717) is 6.42 Å². The van der Waals surface area contributed by atoms with Crippen LogP contribution in [0.1, 0.15) is 240 Å². The van der Waals surface area contributed by atoms with Crippen molar-refractivity contribution >= 4 is 5.97 Å². The SMILES string of the molecule is CCCCCCCCC(CCCCCCCC)CCCCCCCCN(CCO)CCCCCC(=O)OC(CC)CCCCCCCC. The fraction of sp³-hybridized carbons (Fsp3) is 0.977. The van der Waals surface area contributed by atoms with E-state index < -0.39 is 0 Å². The molecule has 0 rings (SSSR count). The van der Waals surface area contributed by atoms with Crippen LogP contribution in [0, 0.1) is 5.92 Å². The molecular formula is C44H89NO3. The first kappa shape index (κ1) is 47.4. The lowest BCUT2D eigenvalue weighted by atomic mass is 9.89. The molecule has 1 unspecified atom stereocenters. The average molecular weight is 680 g/mol. The molecule has 0 aromatic heterocycles. The molecule has 0 aromatic carbocycles. The second kappa shape index (κ2) is 39.2. The van der Waals surface area contributed by atoms with Gasteiger partial charge in [-0.2, -0.15) is 0 Å². The van der Waals surface area contributed by atoms with Crippen molar-refractivity contribution in [3.63, 3.8) is 0 Å². The van der Waals surface area contributed by atoms with E-state index in [4.69, 9.17) is 4.74 Å². The van der Waals surface area contributed by atoms with Crippen molar-refractivity contribution in [2.45, 2.75) is 246 Å².